The van der Waals surface area contributed by atoms with Gasteiger partial charge in [-0.2, -0.15) is 0 Å². The van der Waals surface area contributed by atoms with Gasteiger partial charge in [-0.3, -0.25) is 14.4 Å². The second-order valence-electron chi connectivity index (χ2n) is 11.5. The highest BCUT2D eigenvalue weighted by Gasteiger charge is 2.77. The molecule has 0 aliphatic carbocycles. The van der Waals surface area contributed by atoms with E-state index in [9.17, 15) is 19.5 Å². The number of likely N-dealkylation sites (tertiary alicyclic amines) is 1. The average molecular weight is 550 g/mol. The van der Waals surface area contributed by atoms with Crippen LogP contribution in [-0.2, 0) is 20.8 Å². The number of amides is 3. The van der Waals surface area contributed by atoms with Crippen molar-refractivity contribution < 1.29 is 19.5 Å². The van der Waals surface area contributed by atoms with Gasteiger partial charge in [0.25, 0.3) is 0 Å². The highest BCUT2D eigenvalue weighted by molar-refractivity contribution is 8.02. The van der Waals surface area contributed by atoms with E-state index >= 15 is 0 Å². The van der Waals surface area contributed by atoms with E-state index in [4.69, 9.17) is 0 Å². The number of rotatable bonds is 9. The Morgan fingerprint density at radius 1 is 1.08 bits per heavy atom. The molecule has 3 heterocycles. The standard InChI is InChI=1S/C31H39N3O4S/c1-5-16-32-27(36)23-24-29(38)34(22(18-35)17-21-12-7-6-8-13-21)26(31(24)15-14-30(23,4)39-31)28(37)33-25-19(2)10-9-11-20(25)3/h6-13,22-24,26,35H,5,14-18H2,1-4H3,(H,32,36)(H,33,37)/t22-,23-,24+,26?,30+,31?/m1/s1. The summed E-state index contributed by atoms with van der Waals surface area (Å²) in [4.78, 5) is 43.9. The number of anilines is 1. The molecular weight excluding hydrogens is 510 g/mol. The first-order valence-electron chi connectivity index (χ1n) is 14.0. The summed E-state index contributed by atoms with van der Waals surface area (Å²) in [6.07, 6.45) is 2.67. The molecule has 3 N–H and O–H groups in total. The summed E-state index contributed by atoms with van der Waals surface area (Å²) in [5, 5.41) is 16.8. The molecule has 2 unspecified atom stereocenters. The number of aliphatic hydroxyl groups is 1. The van der Waals surface area contributed by atoms with Gasteiger partial charge in [0.2, 0.25) is 17.7 Å². The summed E-state index contributed by atoms with van der Waals surface area (Å²) < 4.78 is -1.15. The summed E-state index contributed by atoms with van der Waals surface area (Å²) in [5.41, 5.74) is 3.63. The van der Waals surface area contributed by atoms with Crippen molar-refractivity contribution in [1.29, 1.82) is 0 Å². The van der Waals surface area contributed by atoms with Crippen LogP contribution in [0, 0.1) is 25.7 Å². The number of carbonyl (C=O) groups is 3. The predicted octanol–water partition coefficient (Wildman–Crippen LogP) is 3.85. The molecule has 1 spiro atoms. The van der Waals surface area contributed by atoms with Crippen LogP contribution in [0.3, 0.4) is 0 Å². The second kappa shape index (κ2) is 10.6. The molecule has 3 amide bonds. The smallest absolute Gasteiger partial charge is 0.248 e. The van der Waals surface area contributed by atoms with Gasteiger partial charge in [0.15, 0.2) is 0 Å². The van der Waals surface area contributed by atoms with Crippen molar-refractivity contribution in [1.82, 2.24) is 10.2 Å². The van der Waals surface area contributed by atoms with Crippen molar-refractivity contribution in [3.8, 4) is 0 Å². The Hall–Kier alpha value is -2.84. The van der Waals surface area contributed by atoms with Crippen molar-refractivity contribution in [2.75, 3.05) is 18.5 Å². The van der Waals surface area contributed by atoms with Crippen LogP contribution < -0.4 is 10.6 Å². The lowest BCUT2D eigenvalue weighted by Gasteiger charge is -2.37. The van der Waals surface area contributed by atoms with E-state index in [0.717, 1.165) is 35.2 Å². The van der Waals surface area contributed by atoms with E-state index in [0.29, 0.717) is 19.4 Å². The quantitative estimate of drug-likeness (QED) is 0.441. The molecule has 2 aromatic carbocycles. The van der Waals surface area contributed by atoms with Crippen LogP contribution in [0.25, 0.3) is 0 Å². The van der Waals surface area contributed by atoms with Crippen LogP contribution in [0.5, 0.6) is 0 Å². The van der Waals surface area contributed by atoms with E-state index in [1.807, 2.05) is 69.3 Å². The molecule has 2 bridgehead atoms. The average Bonchev–Trinajstić information content (AvgIpc) is 3.49. The Labute approximate surface area is 235 Å². The van der Waals surface area contributed by atoms with Crippen molar-refractivity contribution >= 4 is 35.2 Å². The van der Waals surface area contributed by atoms with Crippen LogP contribution >= 0.6 is 11.8 Å². The van der Waals surface area contributed by atoms with E-state index < -0.39 is 33.4 Å². The lowest BCUT2D eigenvalue weighted by molar-refractivity contribution is -0.142. The second-order valence-corrected chi connectivity index (χ2v) is 13.4. The highest BCUT2D eigenvalue weighted by atomic mass is 32.2. The lowest BCUT2D eigenvalue weighted by atomic mass is 9.66. The number of hydrogen-bond acceptors (Lipinski definition) is 5. The number of aryl methyl sites for hydroxylation is 2. The summed E-state index contributed by atoms with van der Waals surface area (Å²) >= 11 is 1.65. The number of para-hydroxylation sites is 1. The van der Waals surface area contributed by atoms with Crippen LogP contribution in [0.4, 0.5) is 5.69 Å². The molecular formula is C31H39N3O4S. The molecule has 5 rings (SSSR count). The molecule has 39 heavy (non-hydrogen) atoms. The number of benzene rings is 2. The normalized spacial score (nSPS) is 29.8. The van der Waals surface area contributed by atoms with Gasteiger partial charge in [-0.1, -0.05) is 55.5 Å². The van der Waals surface area contributed by atoms with Crippen LogP contribution in [0.2, 0.25) is 0 Å². The number of fused-ring (bicyclic) bond motifs is 1. The van der Waals surface area contributed by atoms with Crippen LogP contribution in [0.15, 0.2) is 48.5 Å². The maximum atomic E-state index is 14.4. The lowest BCUT2D eigenvalue weighted by Crippen LogP contribution is -2.55. The maximum absolute atomic E-state index is 14.4. The number of hydrogen-bond donors (Lipinski definition) is 3. The molecule has 0 saturated carbocycles. The third kappa shape index (κ3) is 4.55. The number of nitrogens with zero attached hydrogens (tertiary/aromatic N) is 1. The summed E-state index contributed by atoms with van der Waals surface area (Å²) in [5.74, 6) is -1.69. The Bertz CT molecular complexity index is 1250. The van der Waals surface area contributed by atoms with E-state index in [-0.39, 0.29) is 24.3 Å². The molecule has 208 valence electrons. The topological polar surface area (TPSA) is 98.7 Å². The first-order valence-corrected chi connectivity index (χ1v) is 14.8. The molecule has 3 aliphatic heterocycles. The minimum atomic E-state index is -0.800. The molecule has 3 fully saturated rings. The third-order valence-electron chi connectivity index (χ3n) is 8.94. The molecule has 0 aromatic heterocycles. The molecule has 3 saturated heterocycles. The van der Waals surface area contributed by atoms with Crippen LogP contribution in [0.1, 0.15) is 49.8 Å². The zero-order valence-corrected chi connectivity index (χ0v) is 24.0. The summed E-state index contributed by atoms with van der Waals surface area (Å²) in [6.45, 7) is 8.27. The first-order chi connectivity index (χ1) is 18.7. The fourth-order valence-corrected chi connectivity index (χ4v) is 9.50. The minimum Gasteiger partial charge on any atom is -0.394 e. The molecule has 8 heteroatoms. The zero-order chi connectivity index (χ0) is 27.9. The van der Waals surface area contributed by atoms with Gasteiger partial charge in [-0.25, -0.2) is 0 Å². The maximum Gasteiger partial charge on any atom is 0.248 e. The van der Waals surface area contributed by atoms with Gasteiger partial charge >= 0.3 is 0 Å². The summed E-state index contributed by atoms with van der Waals surface area (Å²) in [6, 6.07) is 14.2. The van der Waals surface area contributed by atoms with Gasteiger partial charge in [-0.15, -0.1) is 11.8 Å². The molecule has 2 aromatic rings. The van der Waals surface area contributed by atoms with Gasteiger partial charge in [0.1, 0.15) is 6.04 Å². The molecule has 0 radical (unpaired) electrons. The minimum absolute atomic E-state index is 0.105. The van der Waals surface area contributed by atoms with E-state index in [2.05, 4.69) is 17.6 Å². The highest BCUT2D eigenvalue weighted by Crippen LogP contribution is 2.71. The number of nitrogens with one attached hydrogen (secondary N) is 2. The number of carbonyl (C=O) groups excluding carboxylic acids is 3. The van der Waals surface area contributed by atoms with Crippen molar-refractivity contribution in [2.24, 2.45) is 11.8 Å². The molecule has 6 atom stereocenters. The first kappa shape index (κ1) is 27.7. The van der Waals surface area contributed by atoms with Gasteiger partial charge in [0, 0.05) is 17.0 Å². The summed E-state index contributed by atoms with van der Waals surface area (Å²) in [7, 11) is 0. The van der Waals surface area contributed by atoms with Crippen molar-refractivity contribution in [3.05, 3.63) is 65.2 Å². The Balaban J connectivity index is 1.58. The molecule has 7 nitrogen and oxygen atoms in total. The van der Waals surface area contributed by atoms with Gasteiger partial charge in [-0.05, 0) is 63.1 Å². The molecule has 3 aliphatic rings. The Kier molecular flexibility index (Phi) is 7.55. The Morgan fingerprint density at radius 3 is 2.41 bits per heavy atom. The third-order valence-corrected chi connectivity index (χ3v) is 10.9. The number of thioether (sulfide) groups is 1. The number of aliphatic hydroxyl groups excluding tert-OH is 1. The van der Waals surface area contributed by atoms with E-state index in [1.54, 1.807) is 16.7 Å². The SMILES string of the molecule is CCCNC(=O)[C@H]1[C@H]2C(=O)N([C@@H](CO)Cc3ccccc3)C(C(=O)Nc3c(C)cccc3C)C23CC[C@]1(C)S3. The van der Waals surface area contributed by atoms with Crippen molar-refractivity contribution in [2.45, 2.75) is 75.0 Å². The largest absolute Gasteiger partial charge is 0.394 e. The zero-order valence-electron chi connectivity index (χ0n) is 23.2. The predicted molar refractivity (Wildman–Crippen MR) is 154 cm³/mol. The van der Waals surface area contributed by atoms with Crippen LogP contribution in [-0.4, -0.2) is 62.5 Å². The monoisotopic (exact) mass is 549 g/mol. The van der Waals surface area contributed by atoms with Crippen molar-refractivity contribution in [3.63, 3.8) is 0 Å². The van der Waals surface area contributed by atoms with Gasteiger partial charge in [0.05, 0.1) is 29.2 Å². The fourth-order valence-electron chi connectivity index (χ4n) is 7.16. The van der Waals surface area contributed by atoms with Gasteiger partial charge < -0.3 is 20.6 Å². The fraction of sp³-hybridized carbons (Fsp3) is 0.516. The Morgan fingerprint density at radius 2 is 1.77 bits per heavy atom. The van der Waals surface area contributed by atoms with E-state index in [1.165, 1.54) is 0 Å².